The Kier molecular flexibility index (Phi) is 4.22. The quantitative estimate of drug-likeness (QED) is 0.887. The minimum absolute atomic E-state index is 0.0126. The maximum atomic E-state index is 5.54. The number of aromatic nitrogens is 4. The topological polar surface area (TPSA) is 72.8 Å². The Hall–Kier alpha value is -2.24. The van der Waals surface area contributed by atoms with Crippen molar-refractivity contribution < 1.29 is 4.74 Å². The predicted octanol–water partition coefficient (Wildman–Crippen LogP) is 2.15. The monoisotopic (exact) mass is 259 g/mol. The average molecular weight is 259 g/mol. The van der Waals surface area contributed by atoms with Gasteiger partial charge >= 0.3 is 6.01 Å². The van der Waals surface area contributed by atoms with E-state index in [1.165, 1.54) is 0 Å². The normalized spacial score (nSPS) is 10.5. The highest BCUT2D eigenvalue weighted by Crippen LogP contribution is 2.18. The smallest absolute Gasteiger partial charge is 0.322 e. The van der Waals surface area contributed by atoms with E-state index < -0.39 is 0 Å². The van der Waals surface area contributed by atoms with E-state index in [1.807, 2.05) is 32.9 Å². The van der Waals surface area contributed by atoms with Gasteiger partial charge in [-0.1, -0.05) is 0 Å². The standard InChI is InChI=1S/C13H17N5O/c1-4-15-12-16-11(10-6-5-7-14-8-10)17-13(18-12)19-9(2)3/h5-9H,4H2,1-3H3,(H,15,16,17,18). The third-order valence-corrected chi connectivity index (χ3v) is 2.21. The molecule has 0 spiro atoms. The molecule has 0 fully saturated rings. The number of nitrogens with zero attached hydrogens (tertiary/aromatic N) is 4. The van der Waals surface area contributed by atoms with Crippen molar-refractivity contribution in [1.29, 1.82) is 0 Å². The number of nitrogens with one attached hydrogen (secondary N) is 1. The molecule has 0 saturated carbocycles. The lowest BCUT2D eigenvalue weighted by atomic mass is 10.3. The van der Waals surface area contributed by atoms with Gasteiger partial charge in [0, 0.05) is 24.5 Å². The molecular formula is C13H17N5O. The average Bonchev–Trinajstić information content (AvgIpc) is 2.39. The van der Waals surface area contributed by atoms with E-state index in [4.69, 9.17) is 4.74 Å². The van der Waals surface area contributed by atoms with Crippen molar-refractivity contribution in [2.75, 3.05) is 11.9 Å². The maximum absolute atomic E-state index is 5.54. The summed E-state index contributed by atoms with van der Waals surface area (Å²) in [6.07, 6.45) is 3.43. The number of hydrogen-bond donors (Lipinski definition) is 1. The third-order valence-electron chi connectivity index (χ3n) is 2.21. The van der Waals surface area contributed by atoms with Gasteiger partial charge in [-0.05, 0) is 32.9 Å². The van der Waals surface area contributed by atoms with E-state index in [2.05, 4.69) is 25.3 Å². The number of ether oxygens (including phenoxy) is 1. The van der Waals surface area contributed by atoms with Crippen molar-refractivity contribution in [1.82, 2.24) is 19.9 Å². The Morgan fingerprint density at radius 3 is 2.74 bits per heavy atom. The SMILES string of the molecule is CCNc1nc(OC(C)C)nc(-c2cccnc2)n1. The van der Waals surface area contributed by atoms with Gasteiger partial charge in [0.15, 0.2) is 5.82 Å². The Morgan fingerprint density at radius 2 is 2.11 bits per heavy atom. The predicted molar refractivity (Wildman–Crippen MR) is 73.0 cm³/mol. The summed E-state index contributed by atoms with van der Waals surface area (Å²) in [5.41, 5.74) is 0.831. The minimum Gasteiger partial charge on any atom is -0.461 e. The molecular weight excluding hydrogens is 242 g/mol. The lowest BCUT2D eigenvalue weighted by Gasteiger charge is -2.10. The van der Waals surface area contributed by atoms with Gasteiger partial charge in [0.1, 0.15) is 0 Å². The summed E-state index contributed by atoms with van der Waals surface area (Å²) in [5, 5.41) is 3.07. The molecule has 2 rings (SSSR count). The Bertz CT molecular complexity index is 530. The van der Waals surface area contributed by atoms with Crippen LogP contribution in [0.2, 0.25) is 0 Å². The molecule has 0 aliphatic carbocycles. The largest absolute Gasteiger partial charge is 0.461 e. The molecule has 6 nitrogen and oxygen atoms in total. The van der Waals surface area contributed by atoms with Crippen molar-refractivity contribution in [3.8, 4) is 17.4 Å². The van der Waals surface area contributed by atoms with Crippen LogP contribution in [0.3, 0.4) is 0 Å². The lowest BCUT2D eigenvalue weighted by molar-refractivity contribution is 0.222. The van der Waals surface area contributed by atoms with Crippen molar-refractivity contribution in [3.63, 3.8) is 0 Å². The lowest BCUT2D eigenvalue weighted by Crippen LogP contribution is -2.12. The Morgan fingerprint density at radius 1 is 1.26 bits per heavy atom. The van der Waals surface area contributed by atoms with Gasteiger partial charge in [0.05, 0.1) is 6.10 Å². The zero-order valence-corrected chi connectivity index (χ0v) is 11.3. The Labute approximate surface area is 112 Å². The van der Waals surface area contributed by atoms with Crippen LogP contribution in [0, 0.1) is 0 Å². The number of anilines is 1. The van der Waals surface area contributed by atoms with Crippen LogP contribution < -0.4 is 10.1 Å². The van der Waals surface area contributed by atoms with Crippen molar-refractivity contribution in [2.24, 2.45) is 0 Å². The second-order valence-corrected chi connectivity index (χ2v) is 4.20. The molecule has 0 saturated heterocycles. The number of hydrogen-bond acceptors (Lipinski definition) is 6. The zero-order valence-electron chi connectivity index (χ0n) is 11.3. The van der Waals surface area contributed by atoms with Crippen molar-refractivity contribution >= 4 is 5.95 Å². The minimum atomic E-state index is 0.0126. The Balaban J connectivity index is 2.39. The fourth-order valence-electron chi connectivity index (χ4n) is 1.48. The first-order valence-electron chi connectivity index (χ1n) is 6.26. The highest BCUT2D eigenvalue weighted by Gasteiger charge is 2.10. The highest BCUT2D eigenvalue weighted by atomic mass is 16.5. The zero-order chi connectivity index (χ0) is 13.7. The molecule has 0 unspecified atom stereocenters. The summed E-state index contributed by atoms with van der Waals surface area (Å²) < 4.78 is 5.54. The van der Waals surface area contributed by atoms with Crippen LogP contribution in [0.25, 0.3) is 11.4 Å². The van der Waals surface area contributed by atoms with Gasteiger partial charge in [-0.25, -0.2) is 0 Å². The molecule has 0 aliphatic rings. The second kappa shape index (κ2) is 6.08. The van der Waals surface area contributed by atoms with Crippen LogP contribution in [0.5, 0.6) is 6.01 Å². The van der Waals surface area contributed by atoms with Crippen LogP contribution in [0.1, 0.15) is 20.8 Å². The van der Waals surface area contributed by atoms with Gasteiger partial charge in [0.2, 0.25) is 5.95 Å². The molecule has 1 N–H and O–H groups in total. The van der Waals surface area contributed by atoms with Crippen LogP contribution in [0.15, 0.2) is 24.5 Å². The first kappa shape index (κ1) is 13.2. The van der Waals surface area contributed by atoms with Crippen LogP contribution in [-0.2, 0) is 0 Å². The molecule has 6 heteroatoms. The molecule has 2 aromatic heterocycles. The summed E-state index contributed by atoms with van der Waals surface area (Å²) in [6.45, 7) is 6.58. The van der Waals surface area contributed by atoms with Crippen LogP contribution >= 0.6 is 0 Å². The number of pyridine rings is 1. The fraction of sp³-hybridized carbons (Fsp3) is 0.385. The van der Waals surface area contributed by atoms with Gasteiger partial charge in [-0.3, -0.25) is 4.98 Å². The fourth-order valence-corrected chi connectivity index (χ4v) is 1.48. The van der Waals surface area contributed by atoms with Gasteiger partial charge < -0.3 is 10.1 Å². The molecule has 0 aromatic carbocycles. The van der Waals surface area contributed by atoms with Gasteiger partial charge in [-0.15, -0.1) is 0 Å². The van der Waals surface area contributed by atoms with E-state index >= 15 is 0 Å². The highest BCUT2D eigenvalue weighted by molar-refractivity contribution is 5.54. The summed E-state index contributed by atoms with van der Waals surface area (Å²) in [4.78, 5) is 16.9. The van der Waals surface area contributed by atoms with Gasteiger partial charge in [-0.2, -0.15) is 15.0 Å². The van der Waals surface area contributed by atoms with Gasteiger partial charge in [0.25, 0.3) is 0 Å². The van der Waals surface area contributed by atoms with Crippen LogP contribution in [0.4, 0.5) is 5.95 Å². The second-order valence-electron chi connectivity index (χ2n) is 4.20. The van der Waals surface area contributed by atoms with E-state index in [1.54, 1.807) is 12.4 Å². The maximum Gasteiger partial charge on any atom is 0.322 e. The van der Waals surface area contributed by atoms with Crippen LogP contribution in [-0.4, -0.2) is 32.6 Å². The molecule has 0 bridgehead atoms. The molecule has 0 atom stereocenters. The van der Waals surface area contributed by atoms with Crippen molar-refractivity contribution in [3.05, 3.63) is 24.5 Å². The summed E-state index contributed by atoms with van der Waals surface area (Å²) in [7, 11) is 0. The van der Waals surface area contributed by atoms with Crippen molar-refractivity contribution in [2.45, 2.75) is 26.9 Å². The summed E-state index contributed by atoms with van der Waals surface area (Å²) >= 11 is 0. The molecule has 0 amide bonds. The van der Waals surface area contributed by atoms with E-state index in [-0.39, 0.29) is 6.10 Å². The number of rotatable bonds is 5. The molecule has 100 valence electrons. The molecule has 0 radical (unpaired) electrons. The molecule has 19 heavy (non-hydrogen) atoms. The van der Waals surface area contributed by atoms with E-state index in [0.717, 1.165) is 12.1 Å². The molecule has 2 heterocycles. The van der Waals surface area contributed by atoms with E-state index in [0.29, 0.717) is 17.8 Å². The van der Waals surface area contributed by atoms with E-state index in [9.17, 15) is 0 Å². The third kappa shape index (κ3) is 3.61. The molecule has 2 aromatic rings. The summed E-state index contributed by atoms with van der Waals surface area (Å²) in [6, 6.07) is 4.06. The summed E-state index contributed by atoms with van der Waals surface area (Å²) in [5.74, 6) is 1.06. The first-order chi connectivity index (χ1) is 9.19. The first-order valence-corrected chi connectivity index (χ1v) is 6.26. The molecule has 0 aliphatic heterocycles.